The van der Waals surface area contributed by atoms with Gasteiger partial charge in [0, 0.05) is 19.8 Å². The number of nitrogens with one attached hydrogen (secondary N) is 1. The van der Waals surface area contributed by atoms with Gasteiger partial charge < -0.3 is 19.5 Å². The van der Waals surface area contributed by atoms with E-state index in [1.165, 1.54) is 0 Å². The predicted molar refractivity (Wildman–Crippen MR) is 84.1 cm³/mol. The van der Waals surface area contributed by atoms with Crippen LogP contribution < -0.4 is 14.8 Å². The molecule has 0 unspecified atom stereocenters. The number of hydrogen-bond donors (Lipinski definition) is 1. The minimum atomic E-state index is 0.299. The second-order valence-electron chi connectivity index (χ2n) is 5.62. The maximum absolute atomic E-state index is 5.97. The molecular weight excluding hydrogens is 266 g/mol. The third-order valence-corrected chi connectivity index (χ3v) is 4.14. The van der Waals surface area contributed by atoms with Crippen molar-refractivity contribution < 1.29 is 14.2 Å². The van der Waals surface area contributed by atoms with Crippen LogP contribution in [0.2, 0.25) is 0 Å². The van der Waals surface area contributed by atoms with E-state index in [-0.39, 0.29) is 0 Å². The Balaban J connectivity index is 1.90. The van der Waals surface area contributed by atoms with E-state index < -0.39 is 0 Å². The molecule has 0 aliphatic carbocycles. The fraction of sp³-hybridized carbons (Fsp3) is 0.647. The maximum Gasteiger partial charge on any atom is 0.161 e. The molecule has 21 heavy (non-hydrogen) atoms. The van der Waals surface area contributed by atoms with Gasteiger partial charge in [0.05, 0.1) is 13.2 Å². The van der Waals surface area contributed by atoms with E-state index in [0.717, 1.165) is 50.5 Å². The van der Waals surface area contributed by atoms with E-state index in [2.05, 4.69) is 5.32 Å². The number of ether oxygens (including phenoxy) is 3. The van der Waals surface area contributed by atoms with Gasteiger partial charge in [-0.05, 0) is 50.8 Å². The highest BCUT2D eigenvalue weighted by Crippen LogP contribution is 2.34. The lowest BCUT2D eigenvalue weighted by Gasteiger charge is -2.37. The highest BCUT2D eigenvalue weighted by molar-refractivity contribution is 5.39. The molecule has 1 heterocycles. The van der Waals surface area contributed by atoms with Crippen LogP contribution in [0.5, 0.6) is 11.5 Å². The zero-order chi connectivity index (χ0) is 15.0. The van der Waals surface area contributed by atoms with E-state index >= 15 is 0 Å². The van der Waals surface area contributed by atoms with Gasteiger partial charge in [-0.15, -0.1) is 0 Å². The van der Waals surface area contributed by atoms with Crippen LogP contribution in [0.25, 0.3) is 0 Å². The molecule has 1 fully saturated rings. The predicted octanol–water partition coefficient (Wildman–Crippen LogP) is 2.87. The quantitative estimate of drug-likeness (QED) is 0.800. The Morgan fingerprint density at radius 3 is 2.43 bits per heavy atom. The Morgan fingerprint density at radius 1 is 1.14 bits per heavy atom. The summed E-state index contributed by atoms with van der Waals surface area (Å²) in [6.45, 7) is 6.09. The Morgan fingerprint density at radius 2 is 1.81 bits per heavy atom. The molecule has 118 valence electrons. The summed E-state index contributed by atoms with van der Waals surface area (Å²) in [6, 6.07) is 7.88. The lowest BCUT2D eigenvalue weighted by Crippen LogP contribution is -2.39. The molecule has 4 nitrogen and oxygen atoms in total. The molecule has 0 aromatic heterocycles. The topological polar surface area (TPSA) is 39.7 Å². The van der Waals surface area contributed by atoms with Gasteiger partial charge in [0.15, 0.2) is 11.5 Å². The first-order valence-electron chi connectivity index (χ1n) is 7.87. The second kappa shape index (κ2) is 8.25. The molecule has 1 N–H and O–H groups in total. The van der Waals surface area contributed by atoms with Gasteiger partial charge in [-0.25, -0.2) is 0 Å². The Hall–Kier alpha value is -1.26. The molecule has 0 radical (unpaired) electrons. The van der Waals surface area contributed by atoms with E-state index in [1.54, 1.807) is 0 Å². The molecule has 0 amide bonds. The zero-order valence-electron chi connectivity index (χ0n) is 13.2. The van der Waals surface area contributed by atoms with Gasteiger partial charge in [-0.3, -0.25) is 0 Å². The van der Waals surface area contributed by atoms with Gasteiger partial charge in [-0.1, -0.05) is 12.1 Å². The van der Waals surface area contributed by atoms with Crippen molar-refractivity contribution in [3.63, 3.8) is 0 Å². The van der Waals surface area contributed by atoms with Crippen molar-refractivity contribution in [1.82, 2.24) is 5.32 Å². The summed E-state index contributed by atoms with van der Waals surface area (Å²) in [5, 5.41) is 3.32. The summed E-state index contributed by atoms with van der Waals surface area (Å²) >= 11 is 0. The monoisotopic (exact) mass is 293 g/mol. The van der Waals surface area contributed by atoms with Crippen LogP contribution in [0.4, 0.5) is 0 Å². The highest BCUT2D eigenvalue weighted by Gasteiger charge is 2.31. The van der Waals surface area contributed by atoms with Crippen molar-refractivity contribution in [3.8, 4) is 11.5 Å². The Bertz CT molecular complexity index is 411. The molecule has 1 aliphatic heterocycles. The first kappa shape index (κ1) is 16.1. The van der Waals surface area contributed by atoms with Gasteiger partial charge in [-0.2, -0.15) is 0 Å². The normalized spacial score (nSPS) is 17.4. The minimum Gasteiger partial charge on any atom is -0.490 e. The van der Waals surface area contributed by atoms with Crippen molar-refractivity contribution in [1.29, 1.82) is 0 Å². The molecule has 1 aromatic rings. The Labute approximate surface area is 127 Å². The second-order valence-corrected chi connectivity index (χ2v) is 5.62. The summed E-state index contributed by atoms with van der Waals surface area (Å²) in [7, 11) is 2.02. The van der Waals surface area contributed by atoms with Gasteiger partial charge >= 0.3 is 0 Å². The van der Waals surface area contributed by atoms with Crippen LogP contribution in [0.3, 0.4) is 0 Å². The highest BCUT2D eigenvalue weighted by atomic mass is 16.5. The lowest BCUT2D eigenvalue weighted by molar-refractivity contribution is 0.00499. The van der Waals surface area contributed by atoms with Crippen LogP contribution in [-0.2, 0) is 4.74 Å². The minimum absolute atomic E-state index is 0.299. The van der Waals surface area contributed by atoms with Crippen molar-refractivity contribution in [2.45, 2.75) is 26.2 Å². The van der Waals surface area contributed by atoms with Gasteiger partial charge in [0.2, 0.25) is 0 Å². The molecule has 0 atom stereocenters. The van der Waals surface area contributed by atoms with Crippen molar-refractivity contribution in [3.05, 3.63) is 24.3 Å². The van der Waals surface area contributed by atoms with E-state index in [0.29, 0.717) is 18.6 Å². The van der Waals surface area contributed by atoms with E-state index in [9.17, 15) is 0 Å². The van der Waals surface area contributed by atoms with Gasteiger partial charge in [0.25, 0.3) is 0 Å². The van der Waals surface area contributed by atoms with Crippen LogP contribution in [0, 0.1) is 5.41 Å². The third kappa shape index (κ3) is 4.61. The SMILES string of the molecule is CCOc1ccccc1OCCC1(CNC)CCOCC1. The summed E-state index contributed by atoms with van der Waals surface area (Å²) in [5.74, 6) is 1.67. The van der Waals surface area contributed by atoms with Gasteiger partial charge in [0.1, 0.15) is 0 Å². The maximum atomic E-state index is 5.97. The van der Waals surface area contributed by atoms with Crippen molar-refractivity contribution >= 4 is 0 Å². The standard InChI is InChI=1S/C17H27NO3/c1-3-20-15-6-4-5-7-16(15)21-13-10-17(14-18-2)8-11-19-12-9-17/h4-7,18H,3,8-14H2,1-2H3. The fourth-order valence-corrected chi connectivity index (χ4v) is 2.92. The molecule has 2 rings (SSSR count). The number of para-hydroxylation sites is 2. The summed E-state index contributed by atoms with van der Waals surface area (Å²) in [6.07, 6.45) is 3.24. The molecule has 1 aliphatic rings. The van der Waals surface area contributed by atoms with Crippen LogP contribution in [-0.4, -0.2) is 40.0 Å². The molecule has 1 aromatic carbocycles. The third-order valence-electron chi connectivity index (χ3n) is 4.14. The molecule has 4 heteroatoms. The number of rotatable bonds is 8. The van der Waals surface area contributed by atoms with Crippen LogP contribution in [0.1, 0.15) is 26.2 Å². The molecule has 0 spiro atoms. The summed E-state index contributed by atoms with van der Waals surface area (Å²) < 4.78 is 17.1. The van der Waals surface area contributed by atoms with Crippen molar-refractivity contribution in [2.24, 2.45) is 5.41 Å². The zero-order valence-corrected chi connectivity index (χ0v) is 13.2. The Kier molecular flexibility index (Phi) is 6.33. The fourth-order valence-electron chi connectivity index (χ4n) is 2.92. The van der Waals surface area contributed by atoms with Crippen molar-refractivity contribution in [2.75, 3.05) is 40.0 Å². The number of hydrogen-bond acceptors (Lipinski definition) is 4. The average Bonchev–Trinajstić information content (AvgIpc) is 2.50. The largest absolute Gasteiger partial charge is 0.490 e. The smallest absolute Gasteiger partial charge is 0.161 e. The first-order valence-corrected chi connectivity index (χ1v) is 7.87. The molecule has 0 bridgehead atoms. The van der Waals surface area contributed by atoms with Crippen LogP contribution in [0.15, 0.2) is 24.3 Å². The molecule has 1 saturated heterocycles. The summed E-state index contributed by atoms with van der Waals surface area (Å²) in [5.41, 5.74) is 0.299. The van der Waals surface area contributed by atoms with E-state index in [1.807, 2.05) is 38.2 Å². The van der Waals surface area contributed by atoms with E-state index in [4.69, 9.17) is 14.2 Å². The average molecular weight is 293 g/mol. The van der Waals surface area contributed by atoms with Crippen LogP contribution >= 0.6 is 0 Å². The number of benzene rings is 1. The lowest BCUT2D eigenvalue weighted by atomic mass is 9.77. The molecule has 0 saturated carbocycles. The summed E-state index contributed by atoms with van der Waals surface area (Å²) in [4.78, 5) is 0. The first-order chi connectivity index (χ1) is 10.3. The molecular formula is C17H27NO3.